The Labute approximate surface area is 168 Å². The van der Waals surface area contributed by atoms with Crippen LogP contribution in [0, 0.1) is 27.7 Å². The smallest absolute Gasteiger partial charge is 0.321 e. The number of nitrogens with one attached hydrogen (secondary N) is 1. The van der Waals surface area contributed by atoms with E-state index in [1.165, 1.54) is 5.56 Å². The second-order valence-electron chi connectivity index (χ2n) is 7.92. The average Bonchev–Trinajstić information content (AvgIpc) is 2.63. The number of benzene rings is 1. The summed E-state index contributed by atoms with van der Waals surface area (Å²) in [4.78, 5) is 26.2. The molecule has 1 aliphatic rings. The fourth-order valence-corrected chi connectivity index (χ4v) is 3.94. The highest BCUT2D eigenvalue weighted by Gasteiger charge is 2.26. The van der Waals surface area contributed by atoms with E-state index in [0.29, 0.717) is 19.0 Å². The number of nitrogens with zero attached hydrogens (tertiary/aromatic N) is 4. The molecule has 2 heterocycles. The maximum atomic E-state index is 12.8. The first-order valence-electron chi connectivity index (χ1n) is 10.00. The number of aryl methyl sites for hydroxylation is 4. The van der Waals surface area contributed by atoms with Gasteiger partial charge in [0.1, 0.15) is 11.6 Å². The van der Waals surface area contributed by atoms with E-state index in [2.05, 4.69) is 36.0 Å². The SMILES string of the molecule is Cc1nc(C)c(C(C)C)c(N2CCN(C(=O)Nc3c(C)cccc3C)CC2)n1. The van der Waals surface area contributed by atoms with Gasteiger partial charge in [-0.3, -0.25) is 0 Å². The number of amides is 2. The van der Waals surface area contributed by atoms with E-state index < -0.39 is 0 Å². The van der Waals surface area contributed by atoms with Gasteiger partial charge in [0.05, 0.1) is 0 Å². The number of piperazine rings is 1. The number of hydrogen-bond donors (Lipinski definition) is 1. The van der Waals surface area contributed by atoms with E-state index in [9.17, 15) is 4.79 Å². The summed E-state index contributed by atoms with van der Waals surface area (Å²) in [7, 11) is 0. The predicted molar refractivity (Wildman–Crippen MR) is 114 cm³/mol. The molecule has 1 aliphatic heterocycles. The van der Waals surface area contributed by atoms with E-state index in [4.69, 9.17) is 4.98 Å². The van der Waals surface area contributed by atoms with Crippen LogP contribution in [0.3, 0.4) is 0 Å². The number of carbonyl (C=O) groups is 1. The maximum Gasteiger partial charge on any atom is 0.321 e. The van der Waals surface area contributed by atoms with Crippen molar-refractivity contribution in [3.63, 3.8) is 0 Å². The number of urea groups is 1. The molecule has 0 atom stereocenters. The van der Waals surface area contributed by atoms with Gasteiger partial charge in [0.2, 0.25) is 0 Å². The van der Waals surface area contributed by atoms with Gasteiger partial charge in [-0.25, -0.2) is 14.8 Å². The van der Waals surface area contributed by atoms with Crippen molar-refractivity contribution in [1.29, 1.82) is 0 Å². The van der Waals surface area contributed by atoms with Gasteiger partial charge in [-0.1, -0.05) is 32.0 Å². The van der Waals surface area contributed by atoms with Gasteiger partial charge in [-0.15, -0.1) is 0 Å². The van der Waals surface area contributed by atoms with Gasteiger partial charge in [0.15, 0.2) is 0 Å². The summed E-state index contributed by atoms with van der Waals surface area (Å²) in [5.41, 5.74) is 5.34. The molecule has 1 aromatic heterocycles. The Morgan fingerprint density at radius 1 is 1.00 bits per heavy atom. The van der Waals surface area contributed by atoms with Gasteiger partial charge in [0.25, 0.3) is 0 Å². The van der Waals surface area contributed by atoms with Crippen LogP contribution in [0.1, 0.15) is 48.0 Å². The van der Waals surface area contributed by atoms with Gasteiger partial charge in [-0.05, 0) is 44.7 Å². The number of anilines is 2. The fourth-order valence-electron chi connectivity index (χ4n) is 3.94. The quantitative estimate of drug-likeness (QED) is 0.866. The van der Waals surface area contributed by atoms with Crippen molar-refractivity contribution in [3.8, 4) is 0 Å². The second-order valence-corrected chi connectivity index (χ2v) is 7.92. The third-order valence-corrected chi connectivity index (χ3v) is 5.38. The molecular weight excluding hydrogens is 350 g/mol. The lowest BCUT2D eigenvalue weighted by Crippen LogP contribution is -2.50. The first-order chi connectivity index (χ1) is 13.3. The first kappa shape index (κ1) is 20.1. The number of aromatic nitrogens is 2. The normalized spacial score (nSPS) is 14.5. The highest BCUT2D eigenvalue weighted by Crippen LogP contribution is 2.29. The molecule has 1 fully saturated rings. The van der Waals surface area contributed by atoms with Crippen LogP contribution in [0.2, 0.25) is 0 Å². The number of hydrogen-bond acceptors (Lipinski definition) is 4. The summed E-state index contributed by atoms with van der Waals surface area (Å²) in [5, 5.41) is 3.09. The monoisotopic (exact) mass is 381 g/mol. The molecule has 0 unspecified atom stereocenters. The van der Waals surface area contributed by atoms with Crippen molar-refractivity contribution in [1.82, 2.24) is 14.9 Å². The zero-order valence-corrected chi connectivity index (χ0v) is 17.8. The Kier molecular flexibility index (Phi) is 5.87. The van der Waals surface area contributed by atoms with Crippen molar-refractivity contribution in [2.24, 2.45) is 0 Å². The van der Waals surface area contributed by atoms with Crippen LogP contribution in [0.5, 0.6) is 0 Å². The van der Waals surface area contributed by atoms with Crippen molar-refractivity contribution in [2.75, 3.05) is 36.4 Å². The molecule has 6 nitrogen and oxygen atoms in total. The van der Waals surface area contributed by atoms with Crippen LogP contribution in [0.25, 0.3) is 0 Å². The molecule has 0 saturated carbocycles. The van der Waals surface area contributed by atoms with Crippen molar-refractivity contribution < 1.29 is 4.79 Å². The minimum atomic E-state index is -0.0313. The Hall–Kier alpha value is -2.63. The standard InChI is InChI=1S/C22H31N5O/c1-14(2)19-17(5)23-18(6)24-21(19)26-10-12-27(13-11-26)22(28)25-20-15(3)8-7-9-16(20)4/h7-9,14H,10-13H2,1-6H3,(H,25,28). The molecule has 150 valence electrons. The Balaban J connectivity index is 1.71. The average molecular weight is 382 g/mol. The number of para-hydroxylation sites is 1. The van der Waals surface area contributed by atoms with Crippen LogP contribution < -0.4 is 10.2 Å². The first-order valence-corrected chi connectivity index (χ1v) is 10.00. The molecule has 6 heteroatoms. The molecule has 0 aliphatic carbocycles. The minimum Gasteiger partial charge on any atom is -0.353 e. The summed E-state index contributed by atoms with van der Waals surface area (Å²) in [6.45, 7) is 15.3. The lowest BCUT2D eigenvalue weighted by atomic mass is 10.0. The highest BCUT2D eigenvalue weighted by molar-refractivity contribution is 5.91. The van der Waals surface area contributed by atoms with Gasteiger partial charge in [0, 0.05) is 43.1 Å². The van der Waals surface area contributed by atoms with E-state index in [1.807, 2.05) is 43.9 Å². The van der Waals surface area contributed by atoms with Crippen LogP contribution in [0.4, 0.5) is 16.3 Å². The Morgan fingerprint density at radius 2 is 1.61 bits per heavy atom. The lowest BCUT2D eigenvalue weighted by molar-refractivity contribution is 0.208. The van der Waals surface area contributed by atoms with Crippen molar-refractivity contribution >= 4 is 17.5 Å². The number of carbonyl (C=O) groups excluding carboxylic acids is 1. The zero-order chi connectivity index (χ0) is 20.4. The Bertz CT molecular complexity index is 849. The molecule has 0 bridgehead atoms. The molecule has 28 heavy (non-hydrogen) atoms. The molecule has 2 amide bonds. The molecular formula is C22H31N5O. The van der Waals surface area contributed by atoms with Gasteiger partial charge < -0.3 is 15.1 Å². The molecule has 0 spiro atoms. The highest BCUT2D eigenvalue weighted by atomic mass is 16.2. The summed E-state index contributed by atoms with van der Waals surface area (Å²) in [5.74, 6) is 2.18. The molecule has 0 radical (unpaired) electrons. The van der Waals surface area contributed by atoms with Crippen LogP contribution in [0.15, 0.2) is 18.2 Å². The van der Waals surface area contributed by atoms with E-state index in [1.54, 1.807) is 0 Å². The van der Waals surface area contributed by atoms with Crippen LogP contribution >= 0.6 is 0 Å². The molecule has 3 rings (SSSR count). The third-order valence-electron chi connectivity index (χ3n) is 5.38. The minimum absolute atomic E-state index is 0.0313. The van der Waals surface area contributed by atoms with Gasteiger partial charge >= 0.3 is 6.03 Å². The summed E-state index contributed by atoms with van der Waals surface area (Å²) < 4.78 is 0. The number of rotatable bonds is 3. The summed E-state index contributed by atoms with van der Waals surface area (Å²) >= 11 is 0. The zero-order valence-electron chi connectivity index (χ0n) is 17.8. The van der Waals surface area contributed by atoms with Gasteiger partial charge in [-0.2, -0.15) is 0 Å². The summed E-state index contributed by atoms with van der Waals surface area (Å²) in [6, 6.07) is 6.02. The second kappa shape index (κ2) is 8.17. The fraction of sp³-hybridized carbons (Fsp3) is 0.500. The topological polar surface area (TPSA) is 61.4 Å². The predicted octanol–water partition coefficient (Wildman–Crippen LogP) is 4.19. The van der Waals surface area contributed by atoms with Crippen molar-refractivity contribution in [3.05, 3.63) is 46.4 Å². The molecule has 1 saturated heterocycles. The van der Waals surface area contributed by atoms with E-state index >= 15 is 0 Å². The lowest BCUT2D eigenvalue weighted by Gasteiger charge is -2.37. The third kappa shape index (κ3) is 4.11. The largest absolute Gasteiger partial charge is 0.353 e. The molecule has 1 aromatic carbocycles. The molecule has 1 N–H and O–H groups in total. The van der Waals surface area contributed by atoms with Crippen molar-refractivity contribution in [2.45, 2.75) is 47.5 Å². The van der Waals surface area contributed by atoms with Crippen LogP contribution in [-0.2, 0) is 0 Å². The van der Waals surface area contributed by atoms with E-state index in [-0.39, 0.29) is 6.03 Å². The summed E-state index contributed by atoms with van der Waals surface area (Å²) in [6.07, 6.45) is 0. The van der Waals surface area contributed by atoms with Crippen LogP contribution in [-0.4, -0.2) is 47.1 Å². The Morgan fingerprint density at radius 3 is 2.18 bits per heavy atom. The maximum absolute atomic E-state index is 12.8. The van der Waals surface area contributed by atoms with E-state index in [0.717, 1.165) is 47.2 Å². The molecule has 2 aromatic rings.